The number of unbranched alkanes of at least 4 members (excludes halogenated alkanes) is 16. The van der Waals surface area contributed by atoms with Gasteiger partial charge in [-0.15, -0.1) is 6.58 Å². The quantitative estimate of drug-likeness (QED) is 0.110. The molecule has 0 unspecified atom stereocenters. The van der Waals surface area contributed by atoms with E-state index in [1.165, 1.54) is 134 Å². The lowest BCUT2D eigenvalue weighted by Crippen LogP contribution is -2.46. The second-order valence-corrected chi connectivity index (χ2v) is 10.9. The van der Waals surface area contributed by atoms with Gasteiger partial charge in [0.15, 0.2) is 0 Å². The Morgan fingerprint density at radius 1 is 0.667 bits per heavy atom. The second kappa shape index (κ2) is 21.6. The van der Waals surface area contributed by atoms with Crippen LogP contribution in [0.15, 0.2) is 36.9 Å². The molecule has 0 amide bonds. The summed E-state index contributed by atoms with van der Waals surface area (Å²) in [4.78, 5) is 5.20. The molecule has 0 aliphatic carbocycles. The minimum Gasteiger partial charge on any atom is -0.494 e. The second-order valence-electron chi connectivity index (χ2n) is 10.9. The van der Waals surface area contributed by atoms with Gasteiger partial charge in [0.1, 0.15) is 5.75 Å². The van der Waals surface area contributed by atoms with E-state index in [-0.39, 0.29) is 0 Å². The highest BCUT2D eigenvalue weighted by molar-refractivity contribution is 5.49. The average molecular weight is 499 g/mol. The summed E-state index contributed by atoms with van der Waals surface area (Å²) >= 11 is 0. The molecule has 3 nitrogen and oxygen atoms in total. The van der Waals surface area contributed by atoms with Gasteiger partial charge < -0.3 is 9.64 Å². The normalized spacial score (nSPS) is 14.3. The van der Waals surface area contributed by atoms with E-state index in [9.17, 15) is 0 Å². The van der Waals surface area contributed by atoms with Gasteiger partial charge in [0.05, 0.1) is 6.61 Å². The zero-order chi connectivity index (χ0) is 25.5. The topological polar surface area (TPSA) is 15.7 Å². The number of hydrogen-bond acceptors (Lipinski definition) is 3. The molecule has 2 rings (SSSR count). The summed E-state index contributed by atoms with van der Waals surface area (Å²) in [5, 5.41) is 0. The highest BCUT2D eigenvalue weighted by Crippen LogP contribution is 2.21. The van der Waals surface area contributed by atoms with E-state index in [1.807, 2.05) is 6.08 Å². The van der Waals surface area contributed by atoms with Crippen LogP contribution in [0, 0.1) is 0 Å². The van der Waals surface area contributed by atoms with Crippen LogP contribution in [-0.2, 0) is 0 Å². The van der Waals surface area contributed by atoms with Crippen LogP contribution in [0.3, 0.4) is 0 Å². The number of allylic oxidation sites excluding steroid dienone is 1. The lowest BCUT2D eigenvalue weighted by Gasteiger charge is -2.36. The van der Waals surface area contributed by atoms with Crippen molar-refractivity contribution in [3.8, 4) is 5.75 Å². The van der Waals surface area contributed by atoms with E-state index >= 15 is 0 Å². The van der Waals surface area contributed by atoms with Gasteiger partial charge in [-0.2, -0.15) is 0 Å². The fraction of sp³-hybridized carbons (Fsp3) is 0.758. The minimum absolute atomic E-state index is 0.841. The van der Waals surface area contributed by atoms with Gasteiger partial charge in [-0.1, -0.05) is 103 Å². The van der Waals surface area contributed by atoms with Gasteiger partial charge >= 0.3 is 0 Å². The number of piperazine rings is 1. The number of nitrogens with zero attached hydrogens (tertiary/aromatic N) is 2. The van der Waals surface area contributed by atoms with Gasteiger partial charge in [0.2, 0.25) is 0 Å². The minimum atomic E-state index is 0.841. The summed E-state index contributed by atoms with van der Waals surface area (Å²) in [6, 6.07) is 8.81. The van der Waals surface area contributed by atoms with E-state index < -0.39 is 0 Å². The summed E-state index contributed by atoms with van der Waals surface area (Å²) in [5.74, 6) is 1.02. The van der Waals surface area contributed by atoms with Crippen LogP contribution in [0.2, 0.25) is 0 Å². The van der Waals surface area contributed by atoms with Crippen LogP contribution in [0.4, 0.5) is 5.69 Å². The molecule has 1 aromatic carbocycles. The van der Waals surface area contributed by atoms with Crippen molar-refractivity contribution in [3.05, 3.63) is 36.9 Å². The van der Waals surface area contributed by atoms with E-state index in [0.29, 0.717) is 0 Å². The van der Waals surface area contributed by atoms with Crippen molar-refractivity contribution in [2.75, 3.05) is 44.2 Å². The summed E-state index contributed by atoms with van der Waals surface area (Å²) in [7, 11) is 0. The molecule has 0 radical (unpaired) electrons. The Bertz CT molecular complexity index is 621. The van der Waals surface area contributed by atoms with Gasteiger partial charge in [-0.3, -0.25) is 4.90 Å². The maximum absolute atomic E-state index is 5.99. The third-order valence-electron chi connectivity index (χ3n) is 7.72. The molecular weight excluding hydrogens is 440 g/mol. The summed E-state index contributed by atoms with van der Waals surface area (Å²) < 4.78 is 5.99. The van der Waals surface area contributed by atoms with Crippen LogP contribution in [0.25, 0.3) is 0 Å². The van der Waals surface area contributed by atoms with Crippen molar-refractivity contribution in [1.29, 1.82) is 0 Å². The van der Waals surface area contributed by atoms with Gasteiger partial charge in [-0.25, -0.2) is 0 Å². The van der Waals surface area contributed by atoms with E-state index in [1.54, 1.807) is 0 Å². The lowest BCUT2D eigenvalue weighted by atomic mass is 10.1. The average Bonchev–Trinajstić information content (AvgIpc) is 2.91. The van der Waals surface area contributed by atoms with Crippen LogP contribution < -0.4 is 9.64 Å². The maximum Gasteiger partial charge on any atom is 0.119 e. The molecule has 1 fully saturated rings. The fourth-order valence-electron chi connectivity index (χ4n) is 5.27. The van der Waals surface area contributed by atoms with E-state index in [2.05, 4.69) is 47.6 Å². The summed E-state index contributed by atoms with van der Waals surface area (Å²) in [6.07, 6.45) is 26.6. The van der Waals surface area contributed by atoms with E-state index in [4.69, 9.17) is 4.74 Å². The van der Waals surface area contributed by atoms with Crippen molar-refractivity contribution < 1.29 is 4.74 Å². The molecule has 0 bridgehead atoms. The predicted octanol–water partition coefficient (Wildman–Crippen LogP) is 9.42. The first-order valence-corrected chi connectivity index (χ1v) is 15.6. The maximum atomic E-state index is 5.99. The van der Waals surface area contributed by atoms with Gasteiger partial charge in [0, 0.05) is 31.9 Å². The molecule has 1 aromatic rings. The molecule has 1 saturated heterocycles. The molecule has 0 N–H and O–H groups in total. The Hall–Kier alpha value is -1.48. The third-order valence-corrected chi connectivity index (χ3v) is 7.72. The Balaban J connectivity index is 1.45. The Kier molecular flexibility index (Phi) is 18.4. The molecule has 0 saturated carbocycles. The molecule has 206 valence electrons. The molecule has 0 spiro atoms. The number of ether oxygens (including phenoxy) is 1. The number of rotatable bonds is 23. The zero-order valence-electron chi connectivity index (χ0n) is 23.9. The molecule has 36 heavy (non-hydrogen) atoms. The molecule has 0 aromatic heterocycles. The number of benzene rings is 1. The summed E-state index contributed by atoms with van der Waals surface area (Å²) in [6.45, 7) is 12.9. The Morgan fingerprint density at radius 3 is 1.78 bits per heavy atom. The summed E-state index contributed by atoms with van der Waals surface area (Å²) in [5.41, 5.74) is 1.34. The molecule has 1 aliphatic heterocycles. The standard InChI is InChI=1S/C33H58N2O/c1-3-5-7-9-11-13-14-16-18-20-26-34-27-29-35(30-28-34)32-22-24-33(25-23-32)36-31-21-19-17-15-12-10-8-6-4-2/h4,22-25H,2-3,5-21,26-31H2,1H3. The molecule has 1 heterocycles. The molecule has 1 aliphatic rings. The molecule has 0 atom stereocenters. The number of anilines is 1. The van der Waals surface area contributed by atoms with Crippen molar-refractivity contribution >= 4 is 5.69 Å². The highest BCUT2D eigenvalue weighted by Gasteiger charge is 2.16. The van der Waals surface area contributed by atoms with Crippen molar-refractivity contribution in [1.82, 2.24) is 4.90 Å². The van der Waals surface area contributed by atoms with Crippen LogP contribution >= 0.6 is 0 Å². The van der Waals surface area contributed by atoms with Crippen molar-refractivity contribution in [2.45, 2.75) is 122 Å². The van der Waals surface area contributed by atoms with Crippen molar-refractivity contribution in [3.63, 3.8) is 0 Å². The third kappa shape index (κ3) is 14.9. The first-order chi connectivity index (χ1) is 17.8. The van der Waals surface area contributed by atoms with Gasteiger partial charge in [-0.05, 0) is 56.5 Å². The van der Waals surface area contributed by atoms with Gasteiger partial charge in [0.25, 0.3) is 0 Å². The van der Waals surface area contributed by atoms with Crippen molar-refractivity contribution in [2.24, 2.45) is 0 Å². The number of hydrogen-bond donors (Lipinski definition) is 0. The SMILES string of the molecule is C=CCCCCCCCCCOc1ccc(N2CCN(CCCCCCCCCCCC)CC2)cc1. The Morgan fingerprint density at radius 2 is 1.19 bits per heavy atom. The first kappa shape index (κ1) is 30.7. The smallest absolute Gasteiger partial charge is 0.119 e. The fourth-order valence-corrected chi connectivity index (χ4v) is 5.27. The van der Waals surface area contributed by atoms with Crippen LogP contribution in [-0.4, -0.2) is 44.2 Å². The molecule has 3 heteroatoms. The zero-order valence-corrected chi connectivity index (χ0v) is 23.9. The van der Waals surface area contributed by atoms with E-state index in [0.717, 1.165) is 31.9 Å². The lowest BCUT2D eigenvalue weighted by molar-refractivity contribution is 0.252. The largest absolute Gasteiger partial charge is 0.494 e. The van der Waals surface area contributed by atoms with Crippen LogP contribution in [0.1, 0.15) is 122 Å². The van der Waals surface area contributed by atoms with Crippen LogP contribution in [0.5, 0.6) is 5.75 Å². The monoisotopic (exact) mass is 498 g/mol. The first-order valence-electron chi connectivity index (χ1n) is 15.6. The Labute approximate surface area is 224 Å². The molecular formula is C33H58N2O. The highest BCUT2D eigenvalue weighted by atomic mass is 16.5. The predicted molar refractivity (Wildman–Crippen MR) is 160 cm³/mol.